The maximum Gasteiger partial charge on any atom is 0.162 e. The molecule has 5 rings (SSSR count). The fourth-order valence-corrected chi connectivity index (χ4v) is 5.63. The summed E-state index contributed by atoms with van der Waals surface area (Å²) in [7, 11) is 0. The first kappa shape index (κ1) is 17.8. The number of Topliss-reactive ketones (excluding diaryl/α,β-unsaturated/α-hetero) is 1. The molecule has 5 heteroatoms. The predicted molar refractivity (Wildman–Crippen MR) is 113 cm³/mol. The van der Waals surface area contributed by atoms with Gasteiger partial charge in [-0.15, -0.1) is 11.3 Å². The van der Waals surface area contributed by atoms with E-state index in [0.717, 1.165) is 39.0 Å². The number of hydrogen-bond donors (Lipinski definition) is 0. The highest BCUT2D eigenvalue weighted by atomic mass is 32.1. The van der Waals surface area contributed by atoms with Crippen LogP contribution in [0.5, 0.6) is 0 Å². The molecule has 1 unspecified atom stereocenters. The minimum Gasteiger partial charge on any atom is -0.365 e. The number of piperazine rings is 1. The van der Waals surface area contributed by atoms with Crippen molar-refractivity contribution >= 4 is 32.9 Å². The van der Waals surface area contributed by atoms with Crippen molar-refractivity contribution in [2.75, 3.05) is 31.1 Å². The Morgan fingerprint density at radius 1 is 1.14 bits per heavy atom. The molecule has 28 heavy (non-hydrogen) atoms. The van der Waals surface area contributed by atoms with Crippen LogP contribution in [-0.4, -0.2) is 42.9 Å². The molecule has 1 fully saturated rings. The molecule has 0 aliphatic carbocycles. The molecule has 1 aromatic heterocycles. The minimum atomic E-state index is -0.300. The van der Waals surface area contributed by atoms with E-state index in [2.05, 4.69) is 33.4 Å². The number of carbonyl (C=O) groups is 1. The number of rotatable bonds is 5. The number of hydrogen-bond acceptors (Lipinski definition) is 4. The smallest absolute Gasteiger partial charge is 0.162 e. The molecule has 1 atom stereocenters. The van der Waals surface area contributed by atoms with Crippen LogP contribution in [-0.2, 0) is 6.42 Å². The Morgan fingerprint density at radius 2 is 2.00 bits per heavy atom. The predicted octanol–water partition coefficient (Wildman–Crippen LogP) is 4.75. The molecule has 0 amide bonds. The lowest BCUT2D eigenvalue weighted by molar-refractivity contribution is 0.0973. The van der Waals surface area contributed by atoms with Gasteiger partial charge in [0.1, 0.15) is 5.82 Å². The Balaban J connectivity index is 1.19. The van der Waals surface area contributed by atoms with Gasteiger partial charge in [-0.25, -0.2) is 4.39 Å². The highest BCUT2D eigenvalue weighted by Crippen LogP contribution is 2.40. The van der Waals surface area contributed by atoms with Gasteiger partial charge in [-0.3, -0.25) is 9.69 Å². The number of nitrogens with zero attached hydrogens (tertiary/aromatic N) is 2. The van der Waals surface area contributed by atoms with E-state index in [1.54, 1.807) is 12.1 Å². The summed E-state index contributed by atoms with van der Waals surface area (Å²) in [5.74, 6) is -0.197. The van der Waals surface area contributed by atoms with Gasteiger partial charge in [0.15, 0.2) is 5.78 Å². The van der Waals surface area contributed by atoms with Crippen LogP contribution in [0.15, 0.2) is 47.8 Å². The lowest BCUT2D eigenvalue weighted by atomic mass is 9.94. The van der Waals surface area contributed by atoms with E-state index in [1.807, 2.05) is 11.3 Å². The molecule has 2 aromatic carbocycles. The van der Waals surface area contributed by atoms with E-state index in [-0.39, 0.29) is 11.6 Å². The van der Waals surface area contributed by atoms with E-state index >= 15 is 0 Å². The Hall–Kier alpha value is -2.24. The molecule has 0 radical (unpaired) electrons. The summed E-state index contributed by atoms with van der Waals surface area (Å²) in [6.45, 7) is 4.08. The lowest BCUT2D eigenvalue weighted by Crippen LogP contribution is -2.55. The van der Waals surface area contributed by atoms with Crippen LogP contribution in [0.2, 0.25) is 0 Å². The SMILES string of the molecule is O=C(CCCN1CCN2c3cccc4scc(c34)CC2C1)c1ccc(F)cc1. The van der Waals surface area contributed by atoms with Gasteiger partial charge in [0.05, 0.1) is 0 Å². The third-order valence-electron chi connectivity index (χ3n) is 6.03. The van der Waals surface area contributed by atoms with E-state index in [9.17, 15) is 9.18 Å². The third-order valence-corrected chi connectivity index (χ3v) is 7.03. The van der Waals surface area contributed by atoms with Gasteiger partial charge in [0.25, 0.3) is 0 Å². The van der Waals surface area contributed by atoms with Crippen LogP contribution in [0, 0.1) is 5.82 Å². The zero-order chi connectivity index (χ0) is 19.1. The quantitative estimate of drug-likeness (QED) is 0.584. The molecule has 144 valence electrons. The van der Waals surface area contributed by atoms with Gasteiger partial charge in [-0.1, -0.05) is 6.07 Å². The number of thiophene rings is 1. The summed E-state index contributed by atoms with van der Waals surface area (Å²) in [6, 6.07) is 13.1. The van der Waals surface area contributed by atoms with Crippen molar-refractivity contribution in [3.63, 3.8) is 0 Å². The minimum absolute atomic E-state index is 0.103. The number of fused-ring (bicyclic) bond motifs is 2. The van der Waals surface area contributed by atoms with E-state index in [1.165, 1.54) is 33.5 Å². The molecule has 2 aliphatic rings. The van der Waals surface area contributed by atoms with E-state index in [0.29, 0.717) is 18.0 Å². The van der Waals surface area contributed by atoms with Crippen molar-refractivity contribution in [1.82, 2.24) is 4.90 Å². The summed E-state index contributed by atoms with van der Waals surface area (Å²) in [6.07, 6.45) is 2.48. The summed E-state index contributed by atoms with van der Waals surface area (Å²) in [5, 5.41) is 3.79. The Kier molecular flexibility index (Phi) is 4.65. The average Bonchev–Trinajstić information content (AvgIpc) is 3.12. The van der Waals surface area contributed by atoms with Crippen molar-refractivity contribution in [1.29, 1.82) is 0 Å². The second-order valence-electron chi connectivity index (χ2n) is 7.80. The molecule has 0 bridgehead atoms. The van der Waals surface area contributed by atoms with Gasteiger partial charge in [0.2, 0.25) is 0 Å². The number of benzene rings is 2. The van der Waals surface area contributed by atoms with E-state index < -0.39 is 0 Å². The van der Waals surface area contributed by atoms with Crippen LogP contribution in [0.3, 0.4) is 0 Å². The van der Waals surface area contributed by atoms with Gasteiger partial charge in [0, 0.05) is 53.4 Å². The summed E-state index contributed by atoms with van der Waals surface area (Å²) in [4.78, 5) is 17.4. The van der Waals surface area contributed by atoms with Crippen molar-refractivity contribution in [2.24, 2.45) is 0 Å². The second kappa shape index (κ2) is 7.30. The molecule has 0 saturated carbocycles. The monoisotopic (exact) mass is 394 g/mol. The van der Waals surface area contributed by atoms with Crippen molar-refractivity contribution in [3.05, 3.63) is 64.8 Å². The first-order valence-electron chi connectivity index (χ1n) is 9.96. The molecule has 0 N–H and O–H groups in total. The number of anilines is 1. The Bertz CT molecular complexity index is 1010. The fraction of sp³-hybridized carbons (Fsp3) is 0.348. The van der Waals surface area contributed by atoms with Crippen molar-refractivity contribution in [2.45, 2.75) is 25.3 Å². The molecule has 2 aliphatic heterocycles. The molecule has 3 nitrogen and oxygen atoms in total. The Labute approximate surface area is 168 Å². The average molecular weight is 395 g/mol. The molecule has 1 saturated heterocycles. The molecular weight excluding hydrogens is 371 g/mol. The first-order chi connectivity index (χ1) is 13.7. The van der Waals surface area contributed by atoms with Gasteiger partial charge < -0.3 is 4.90 Å². The van der Waals surface area contributed by atoms with Crippen LogP contribution in [0.25, 0.3) is 10.1 Å². The molecule has 0 spiro atoms. The summed E-state index contributed by atoms with van der Waals surface area (Å²) in [5.41, 5.74) is 3.50. The van der Waals surface area contributed by atoms with Crippen LogP contribution in [0.1, 0.15) is 28.8 Å². The number of carbonyl (C=O) groups excluding carboxylic acids is 1. The zero-order valence-electron chi connectivity index (χ0n) is 15.7. The molecular formula is C23H23FN2OS. The second-order valence-corrected chi connectivity index (χ2v) is 8.71. The first-order valence-corrected chi connectivity index (χ1v) is 10.8. The normalized spacial score (nSPS) is 19.0. The van der Waals surface area contributed by atoms with Crippen LogP contribution < -0.4 is 4.90 Å². The topological polar surface area (TPSA) is 23.6 Å². The maximum absolute atomic E-state index is 13.0. The summed E-state index contributed by atoms with van der Waals surface area (Å²) >= 11 is 1.85. The van der Waals surface area contributed by atoms with Gasteiger partial charge >= 0.3 is 0 Å². The van der Waals surface area contributed by atoms with Crippen molar-refractivity contribution in [3.8, 4) is 0 Å². The highest BCUT2D eigenvalue weighted by molar-refractivity contribution is 7.17. The van der Waals surface area contributed by atoms with Gasteiger partial charge in [-0.05, 0) is 66.7 Å². The third kappa shape index (κ3) is 3.23. The van der Waals surface area contributed by atoms with Crippen LogP contribution in [0.4, 0.5) is 10.1 Å². The zero-order valence-corrected chi connectivity index (χ0v) is 16.6. The van der Waals surface area contributed by atoms with Gasteiger partial charge in [-0.2, -0.15) is 0 Å². The standard InChI is InChI=1S/C23H23FN2OS/c24-18-8-6-16(7-9-18)21(27)4-2-10-25-11-12-26-19(14-25)13-17-15-28-22-5-1-3-20(26)23(17)22/h1,3,5-9,15,19H,2,4,10-14H2. The summed E-state index contributed by atoms with van der Waals surface area (Å²) < 4.78 is 14.4. The van der Waals surface area contributed by atoms with Crippen LogP contribution >= 0.6 is 11.3 Å². The fourth-order valence-electron chi connectivity index (χ4n) is 4.64. The highest BCUT2D eigenvalue weighted by Gasteiger charge is 2.32. The van der Waals surface area contributed by atoms with Crippen molar-refractivity contribution < 1.29 is 9.18 Å². The van der Waals surface area contributed by atoms with E-state index in [4.69, 9.17) is 0 Å². The number of ketones is 1. The molecule has 3 aromatic rings. The maximum atomic E-state index is 13.0. The lowest BCUT2D eigenvalue weighted by Gasteiger charge is -2.45. The Morgan fingerprint density at radius 3 is 2.86 bits per heavy atom. The largest absolute Gasteiger partial charge is 0.365 e. The molecule has 3 heterocycles. The number of halogens is 1.